The van der Waals surface area contributed by atoms with Gasteiger partial charge in [0.05, 0.1) is 12.1 Å². The number of fused-ring (bicyclic) bond motifs is 12. The third-order valence-electron chi connectivity index (χ3n) is 18.0. The van der Waals surface area contributed by atoms with Crippen molar-refractivity contribution in [1.29, 1.82) is 0 Å². The third-order valence-corrected chi connectivity index (χ3v) is 18.0. The molecule has 8 aliphatic heterocycles. The van der Waals surface area contributed by atoms with E-state index < -0.39 is 0 Å². The molecule has 14 rings (SSSR count). The van der Waals surface area contributed by atoms with Crippen LogP contribution in [-0.4, -0.2) is 87.9 Å². The van der Waals surface area contributed by atoms with Crippen LogP contribution in [0.4, 0.5) is 11.4 Å². The Morgan fingerprint density at radius 2 is 1.04 bits per heavy atom. The molecule has 0 amide bonds. The highest BCUT2D eigenvalue weighted by atomic mass is 15.5. The van der Waals surface area contributed by atoms with Crippen LogP contribution in [0.15, 0.2) is 102 Å². The van der Waals surface area contributed by atoms with Gasteiger partial charge in [0.15, 0.2) is 6.71 Å². The predicted octanol–water partition coefficient (Wildman–Crippen LogP) is 7.40. The summed E-state index contributed by atoms with van der Waals surface area (Å²) in [7, 11) is 0. The predicted molar refractivity (Wildman–Crippen MR) is 226 cm³/mol. The minimum Gasteiger partial charge on any atom is -0.351 e. The fraction of sp³-hybridized carbons (Fsp3) is 0.583. The molecule has 2 N–H and O–H groups in total. The first-order valence-corrected chi connectivity index (χ1v) is 23.3. The van der Waals surface area contributed by atoms with Crippen molar-refractivity contribution in [2.45, 2.75) is 149 Å². The lowest BCUT2D eigenvalue weighted by Gasteiger charge is -2.68. The molecule has 0 radical (unpaired) electrons. The monoisotopic (exact) mass is 756 g/mol. The molecule has 9 heterocycles. The van der Waals surface area contributed by atoms with Gasteiger partial charge in [-0.2, -0.15) is 0 Å². The summed E-state index contributed by atoms with van der Waals surface area (Å²) in [5.74, 6) is 8.08. The lowest BCUT2D eigenvalue weighted by Crippen LogP contribution is -2.75. The van der Waals surface area contributed by atoms with E-state index in [4.69, 9.17) is 9.97 Å². The number of piperidine rings is 2. The normalized spacial score (nSPS) is 42.0. The molecular weight excluding hydrogens is 699 g/mol. The van der Waals surface area contributed by atoms with E-state index in [0.717, 1.165) is 24.2 Å². The number of hydrogen-bond acceptors (Lipinski definition) is 8. The standard InChI is InChI=1S/C48H57BN8/c1-3-12-29(13-4-1)54-35-18-9-7-16-31(35)39-42-44-33(20-24-50-42)49-34-21-25-51-43-40-32-17-8-10-19-36(32)55(30-14-5-2-6-15-30)48(40)57(45(34)43)38-27-28(46-52-22-11-23-53-46)26-37(41(38)49)56(44)47(39)54/h1-6,11-15,22-23,28,31-38,41-45,50-51H,7-10,16-21,24-27H2. The summed E-state index contributed by atoms with van der Waals surface area (Å²) in [5.41, 5.74) is 6.43. The second-order valence-electron chi connectivity index (χ2n) is 20.0. The number of nitrogens with one attached hydrogen (secondary N) is 2. The second kappa shape index (κ2) is 12.4. The first-order valence-electron chi connectivity index (χ1n) is 23.3. The molecule has 1 aromatic heterocycles. The summed E-state index contributed by atoms with van der Waals surface area (Å²) in [6, 6.07) is 29.4. The smallest absolute Gasteiger partial charge is 0.159 e. The molecule has 57 heavy (non-hydrogen) atoms. The number of para-hydroxylation sites is 2. The lowest BCUT2D eigenvalue weighted by molar-refractivity contribution is 0.0176. The first-order chi connectivity index (χ1) is 28.3. The summed E-state index contributed by atoms with van der Waals surface area (Å²) in [5, 5.41) is 8.60. The van der Waals surface area contributed by atoms with Gasteiger partial charge in [-0.15, -0.1) is 0 Å². The minimum absolute atomic E-state index is 0.341. The number of rotatable bonds is 3. The van der Waals surface area contributed by atoms with Gasteiger partial charge in [-0.3, -0.25) is 0 Å². The van der Waals surface area contributed by atoms with Crippen molar-refractivity contribution in [3.8, 4) is 0 Å². The van der Waals surface area contributed by atoms with Crippen molar-refractivity contribution >= 4 is 18.1 Å². The molecule has 4 saturated heterocycles. The van der Waals surface area contributed by atoms with Crippen molar-refractivity contribution in [2.75, 3.05) is 22.9 Å². The van der Waals surface area contributed by atoms with Crippen LogP contribution in [-0.2, 0) is 0 Å². The van der Waals surface area contributed by atoms with Crippen LogP contribution in [0, 0.1) is 11.8 Å². The summed E-state index contributed by atoms with van der Waals surface area (Å²) in [6.07, 6.45) is 19.7. The molecule has 8 nitrogen and oxygen atoms in total. The van der Waals surface area contributed by atoms with E-state index in [1.165, 1.54) is 102 Å². The van der Waals surface area contributed by atoms with Gasteiger partial charge in [-0.05, 0) is 123 Å². The van der Waals surface area contributed by atoms with E-state index >= 15 is 0 Å². The van der Waals surface area contributed by atoms with Crippen LogP contribution in [0.1, 0.15) is 88.8 Å². The molecule has 3 aromatic rings. The summed E-state index contributed by atoms with van der Waals surface area (Å²) in [6.45, 7) is 3.09. The number of benzene rings is 2. The van der Waals surface area contributed by atoms with Gasteiger partial charge in [0, 0.05) is 77.8 Å². The molecule has 7 fully saturated rings. The maximum Gasteiger partial charge on any atom is 0.159 e. The molecule has 12 unspecified atom stereocenters. The van der Waals surface area contributed by atoms with Gasteiger partial charge in [0.25, 0.3) is 0 Å². The highest BCUT2D eigenvalue weighted by Gasteiger charge is 2.72. The molecule has 0 bridgehead atoms. The topological polar surface area (TPSA) is 62.8 Å². The Hall–Kier alpha value is -3.82. The Kier molecular flexibility index (Phi) is 7.17. The van der Waals surface area contributed by atoms with Gasteiger partial charge < -0.3 is 30.2 Å². The fourth-order valence-electron chi connectivity index (χ4n) is 16.7. The lowest BCUT2D eigenvalue weighted by atomic mass is 9.19. The highest BCUT2D eigenvalue weighted by Crippen LogP contribution is 2.68. The summed E-state index contributed by atoms with van der Waals surface area (Å²) < 4.78 is 0. The summed E-state index contributed by atoms with van der Waals surface area (Å²) in [4.78, 5) is 22.3. The third kappa shape index (κ3) is 4.33. The van der Waals surface area contributed by atoms with Crippen molar-refractivity contribution in [3.63, 3.8) is 0 Å². The number of hydrogen-bond donors (Lipinski definition) is 2. The number of aromatic nitrogens is 2. The Bertz CT molecular complexity index is 2000. The fourth-order valence-corrected chi connectivity index (χ4v) is 16.7. The average molecular weight is 757 g/mol. The van der Waals surface area contributed by atoms with Crippen LogP contribution in [0.5, 0.6) is 0 Å². The van der Waals surface area contributed by atoms with Gasteiger partial charge >= 0.3 is 0 Å². The zero-order chi connectivity index (χ0) is 36.9. The molecule has 2 aromatic carbocycles. The molecule has 292 valence electrons. The van der Waals surface area contributed by atoms with Crippen LogP contribution in [0.3, 0.4) is 0 Å². The zero-order valence-corrected chi connectivity index (χ0v) is 33.2. The van der Waals surface area contributed by atoms with Crippen LogP contribution < -0.4 is 20.4 Å². The zero-order valence-electron chi connectivity index (χ0n) is 33.2. The Balaban J connectivity index is 0.975. The van der Waals surface area contributed by atoms with Crippen molar-refractivity contribution in [3.05, 3.63) is 108 Å². The van der Waals surface area contributed by atoms with E-state index in [9.17, 15) is 0 Å². The molecular formula is C48H57BN8. The van der Waals surface area contributed by atoms with Crippen molar-refractivity contribution in [1.82, 2.24) is 30.4 Å². The molecule has 3 saturated carbocycles. The van der Waals surface area contributed by atoms with Gasteiger partial charge in [0.2, 0.25) is 0 Å². The van der Waals surface area contributed by atoms with E-state index in [0.29, 0.717) is 71.9 Å². The average Bonchev–Trinajstić information content (AvgIpc) is 4.00. The van der Waals surface area contributed by atoms with E-state index in [2.05, 4.69) is 90.9 Å². The highest BCUT2D eigenvalue weighted by molar-refractivity contribution is 6.65. The van der Waals surface area contributed by atoms with Gasteiger partial charge in [-0.25, -0.2) is 9.97 Å². The Morgan fingerprint density at radius 3 is 1.54 bits per heavy atom. The quantitative estimate of drug-likeness (QED) is 0.269. The molecule has 0 spiro atoms. The van der Waals surface area contributed by atoms with Crippen LogP contribution in [0.25, 0.3) is 0 Å². The van der Waals surface area contributed by atoms with Crippen LogP contribution >= 0.6 is 0 Å². The molecule has 12 atom stereocenters. The van der Waals surface area contributed by atoms with E-state index in [1.54, 1.807) is 22.8 Å². The maximum absolute atomic E-state index is 5.09. The first kappa shape index (κ1) is 33.1. The number of anilines is 2. The Morgan fingerprint density at radius 1 is 0.544 bits per heavy atom. The Labute approximate surface area is 338 Å². The largest absolute Gasteiger partial charge is 0.351 e. The maximum atomic E-state index is 5.09. The minimum atomic E-state index is 0.341. The molecule has 9 heteroatoms. The van der Waals surface area contributed by atoms with Crippen LogP contribution in [0.2, 0.25) is 17.5 Å². The SMILES string of the molecule is c1ccc(N2C3=C(C4CCCCC42)C2NCCC4B5C6CCNC7C8=C(N(c9ccccc9)C9CCCCC89)N(C8CC(c9ncccn9)CC(C58)N3C42)C67)cc1. The van der Waals surface area contributed by atoms with Crippen molar-refractivity contribution in [2.24, 2.45) is 11.8 Å². The molecule has 3 aliphatic carbocycles. The van der Waals surface area contributed by atoms with Gasteiger partial charge in [-0.1, -0.05) is 62.1 Å². The van der Waals surface area contributed by atoms with Crippen molar-refractivity contribution < 1.29 is 0 Å². The number of nitrogens with zero attached hydrogens (tertiary/aromatic N) is 6. The van der Waals surface area contributed by atoms with Gasteiger partial charge in [0.1, 0.15) is 17.5 Å². The second-order valence-corrected chi connectivity index (χ2v) is 20.0. The summed E-state index contributed by atoms with van der Waals surface area (Å²) >= 11 is 0. The van der Waals surface area contributed by atoms with E-state index in [1.807, 2.05) is 18.5 Å². The van der Waals surface area contributed by atoms with E-state index in [-0.39, 0.29) is 0 Å². The molecule has 11 aliphatic rings.